The average molecular weight is 266 g/mol. The van der Waals surface area contributed by atoms with Crippen LogP contribution in [0.5, 0.6) is 5.75 Å². The maximum absolute atomic E-state index is 5.86. The molecule has 0 aromatic heterocycles. The van der Waals surface area contributed by atoms with E-state index in [0.717, 1.165) is 31.6 Å². The third kappa shape index (κ3) is 2.72. The predicted molar refractivity (Wildman–Crippen MR) is 84.3 cm³/mol. The molecule has 0 atom stereocenters. The molecule has 1 heteroatoms. The molecule has 0 bridgehead atoms. The molecule has 0 saturated heterocycles. The maximum Gasteiger partial charge on any atom is 0.119 e. The molecule has 0 heterocycles. The van der Waals surface area contributed by atoms with Crippen LogP contribution in [0.25, 0.3) is 11.1 Å². The first-order chi connectivity index (χ1) is 9.88. The molecule has 1 aliphatic rings. The first-order valence-corrected chi connectivity index (χ1v) is 7.72. The van der Waals surface area contributed by atoms with E-state index >= 15 is 0 Å². The van der Waals surface area contributed by atoms with Crippen LogP contribution in [0.3, 0.4) is 0 Å². The van der Waals surface area contributed by atoms with E-state index in [0.29, 0.717) is 0 Å². The largest absolute Gasteiger partial charge is 0.494 e. The zero-order valence-corrected chi connectivity index (χ0v) is 12.2. The molecule has 20 heavy (non-hydrogen) atoms. The molecular formula is C19H22O. The Hall–Kier alpha value is -1.76. The van der Waals surface area contributed by atoms with Crippen LogP contribution in [0.2, 0.25) is 0 Å². The zero-order chi connectivity index (χ0) is 13.8. The summed E-state index contributed by atoms with van der Waals surface area (Å²) in [6.45, 7) is 3.06. The number of ether oxygens (including phenoxy) is 1. The fourth-order valence-electron chi connectivity index (χ4n) is 2.94. The van der Waals surface area contributed by atoms with Crippen LogP contribution in [0.1, 0.15) is 37.3 Å². The van der Waals surface area contributed by atoms with Gasteiger partial charge < -0.3 is 4.74 Å². The van der Waals surface area contributed by atoms with Crippen molar-refractivity contribution in [2.45, 2.75) is 39.0 Å². The van der Waals surface area contributed by atoms with Crippen molar-refractivity contribution in [1.82, 2.24) is 0 Å². The second-order valence-corrected chi connectivity index (χ2v) is 5.53. The minimum Gasteiger partial charge on any atom is -0.494 e. The van der Waals surface area contributed by atoms with Crippen LogP contribution in [0, 0.1) is 0 Å². The molecule has 2 aromatic carbocycles. The molecule has 0 fully saturated rings. The number of hydrogen-bond donors (Lipinski definition) is 0. The number of aryl methyl sites for hydroxylation is 2. The van der Waals surface area contributed by atoms with Crippen LogP contribution in [0.15, 0.2) is 42.5 Å². The Morgan fingerprint density at radius 3 is 2.60 bits per heavy atom. The number of rotatable bonds is 5. The summed E-state index contributed by atoms with van der Waals surface area (Å²) < 4.78 is 5.86. The predicted octanol–water partition coefficient (Wildman–Crippen LogP) is 5.02. The van der Waals surface area contributed by atoms with Gasteiger partial charge in [0.25, 0.3) is 0 Å². The lowest BCUT2D eigenvalue weighted by Crippen LogP contribution is -2.04. The lowest BCUT2D eigenvalue weighted by atomic mass is 9.86. The van der Waals surface area contributed by atoms with Gasteiger partial charge in [0.05, 0.1) is 6.61 Å². The van der Waals surface area contributed by atoms with Gasteiger partial charge >= 0.3 is 0 Å². The smallest absolute Gasteiger partial charge is 0.119 e. The Morgan fingerprint density at radius 1 is 0.900 bits per heavy atom. The summed E-state index contributed by atoms with van der Waals surface area (Å²) in [5.41, 5.74) is 5.67. The van der Waals surface area contributed by atoms with Crippen molar-refractivity contribution in [2.24, 2.45) is 0 Å². The Labute approximate surface area is 121 Å². The van der Waals surface area contributed by atoms with Crippen molar-refractivity contribution in [2.75, 3.05) is 6.61 Å². The van der Waals surface area contributed by atoms with Crippen LogP contribution in [-0.4, -0.2) is 6.61 Å². The first-order valence-electron chi connectivity index (χ1n) is 7.72. The van der Waals surface area contributed by atoms with Gasteiger partial charge in [-0.15, -0.1) is 0 Å². The first kappa shape index (κ1) is 13.2. The lowest BCUT2D eigenvalue weighted by molar-refractivity contribution is 0.306. The van der Waals surface area contributed by atoms with Crippen molar-refractivity contribution >= 4 is 0 Å². The standard InChI is InChI=1S/C19H22O/c1-2-3-6-13-20-17-11-12-19-16(14-17)10-9-15-7-4-5-8-18(15)19/h4-5,7-8,11-12,14H,2-3,6,9-10,13H2,1H3. The van der Waals surface area contributed by atoms with E-state index in [1.807, 2.05) is 0 Å². The summed E-state index contributed by atoms with van der Waals surface area (Å²) in [7, 11) is 0. The van der Waals surface area contributed by atoms with Crippen molar-refractivity contribution < 1.29 is 4.74 Å². The lowest BCUT2D eigenvalue weighted by Gasteiger charge is -2.20. The number of fused-ring (bicyclic) bond motifs is 3. The monoisotopic (exact) mass is 266 g/mol. The van der Waals surface area contributed by atoms with Crippen molar-refractivity contribution in [1.29, 1.82) is 0 Å². The van der Waals surface area contributed by atoms with Crippen molar-refractivity contribution in [3.63, 3.8) is 0 Å². The number of unbranched alkanes of at least 4 members (excludes halogenated alkanes) is 2. The van der Waals surface area contributed by atoms with Crippen LogP contribution in [-0.2, 0) is 12.8 Å². The van der Waals surface area contributed by atoms with E-state index in [-0.39, 0.29) is 0 Å². The second kappa shape index (κ2) is 6.13. The summed E-state index contributed by atoms with van der Waals surface area (Å²) >= 11 is 0. The third-order valence-electron chi connectivity index (χ3n) is 4.06. The summed E-state index contributed by atoms with van der Waals surface area (Å²) in [5, 5.41) is 0. The summed E-state index contributed by atoms with van der Waals surface area (Å²) in [6, 6.07) is 15.3. The van der Waals surface area contributed by atoms with E-state index in [4.69, 9.17) is 4.74 Å². The number of benzene rings is 2. The quantitative estimate of drug-likeness (QED) is 0.690. The van der Waals surface area contributed by atoms with E-state index < -0.39 is 0 Å². The highest BCUT2D eigenvalue weighted by Gasteiger charge is 2.15. The molecule has 1 nitrogen and oxygen atoms in total. The van der Waals surface area contributed by atoms with Crippen LogP contribution in [0.4, 0.5) is 0 Å². The second-order valence-electron chi connectivity index (χ2n) is 5.53. The minimum absolute atomic E-state index is 0.837. The average Bonchev–Trinajstić information content (AvgIpc) is 2.51. The van der Waals surface area contributed by atoms with Crippen molar-refractivity contribution in [3.05, 3.63) is 53.6 Å². The molecule has 0 saturated carbocycles. The highest BCUT2D eigenvalue weighted by Crippen LogP contribution is 2.35. The van der Waals surface area contributed by atoms with Gasteiger partial charge in [-0.25, -0.2) is 0 Å². The molecule has 1 aliphatic carbocycles. The molecule has 3 rings (SSSR count). The molecule has 0 amide bonds. The topological polar surface area (TPSA) is 9.23 Å². The van der Waals surface area contributed by atoms with E-state index in [1.54, 1.807) is 0 Å². The van der Waals surface area contributed by atoms with E-state index in [1.165, 1.54) is 35.1 Å². The molecule has 0 N–H and O–H groups in total. The fourth-order valence-corrected chi connectivity index (χ4v) is 2.94. The summed E-state index contributed by atoms with van der Waals surface area (Å²) in [4.78, 5) is 0. The summed E-state index contributed by atoms with van der Waals surface area (Å²) in [6.07, 6.45) is 5.90. The van der Waals surface area contributed by atoms with Gasteiger partial charge in [0.1, 0.15) is 5.75 Å². The zero-order valence-electron chi connectivity index (χ0n) is 12.2. The molecule has 104 valence electrons. The fraction of sp³-hybridized carbons (Fsp3) is 0.368. The normalized spacial score (nSPS) is 12.7. The van der Waals surface area contributed by atoms with E-state index in [9.17, 15) is 0 Å². The van der Waals surface area contributed by atoms with Gasteiger partial charge in [0.2, 0.25) is 0 Å². The van der Waals surface area contributed by atoms with Gasteiger partial charge in [-0.1, -0.05) is 50.1 Å². The molecular weight excluding hydrogens is 244 g/mol. The van der Waals surface area contributed by atoms with Gasteiger partial charge in [0.15, 0.2) is 0 Å². The molecule has 2 aromatic rings. The van der Waals surface area contributed by atoms with Crippen molar-refractivity contribution in [3.8, 4) is 16.9 Å². The highest BCUT2D eigenvalue weighted by atomic mass is 16.5. The van der Waals surface area contributed by atoms with E-state index in [2.05, 4.69) is 49.4 Å². The Kier molecular flexibility index (Phi) is 4.05. The summed E-state index contributed by atoms with van der Waals surface area (Å²) in [5.74, 6) is 1.03. The molecule has 0 radical (unpaired) electrons. The Morgan fingerprint density at radius 2 is 1.70 bits per heavy atom. The SMILES string of the molecule is CCCCCOc1ccc2c(c1)CCc1ccccc1-2. The van der Waals surface area contributed by atoms with Crippen LogP contribution < -0.4 is 4.74 Å². The van der Waals surface area contributed by atoms with Gasteiger partial charge in [-0.3, -0.25) is 0 Å². The maximum atomic E-state index is 5.86. The van der Waals surface area contributed by atoms with Gasteiger partial charge in [-0.2, -0.15) is 0 Å². The Bertz CT molecular complexity index is 586. The van der Waals surface area contributed by atoms with Gasteiger partial charge in [-0.05, 0) is 53.6 Å². The Balaban J connectivity index is 1.78. The van der Waals surface area contributed by atoms with Crippen LogP contribution >= 0.6 is 0 Å². The molecule has 0 spiro atoms. The number of hydrogen-bond acceptors (Lipinski definition) is 1. The third-order valence-corrected chi connectivity index (χ3v) is 4.06. The molecule has 0 unspecified atom stereocenters. The minimum atomic E-state index is 0.837. The highest BCUT2D eigenvalue weighted by molar-refractivity contribution is 5.73. The van der Waals surface area contributed by atoms with Gasteiger partial charge in [0, 0.05) is 0 Å². The molecule has 0 aliphatic heterocycles.